The third-order valence-corrected chi connectivity index (χ3v) is 4.69. The maximum atomic E-state index is 15.2. The summed E-state index contributed by atoms with van der Waals surface area (Å²) in [6.07, 6.45) is 5.26. The van der Waals surface area contributed by atoms with Crippen LogP contribution in [0.4, 0.5) is 4.39 Å². The molecule has 0 amide bonds. The van der Waals surface area contributed by atoms with E-state index in [1.807, 2.05) is 13.0 Å². The number of allylic oxidation sites excluding steroid dienone is 5. The molecule has 0 radical (unpaired) electrons. The molecular weight excluding hydrogens is 367 g/mol. The van der Waals surface area contributed by atoms with Gasteiger partial charge in [0.2, 0.25) is 0 Å². The zero-order valence-corrected chi connectivity index (χ0v) is 18.8. The smallest absolute Gasteiger partial charge is 0.328 e. The first-order valence-electron chi connectivity index (χ1n) is 10.4. The van der Waals surface area contributed by atoms with E-state index < -0.39 is 5.97 Å². The van der Waals surface area contributed by atoms with Gasteiger partial charge < -0.3 is 9.84 Å². The summed E-state index contributed by atoms with van der Waals surface area (Å²) in [5.74, 6) is -0.110. The van der Waals surface area contributed by atoms with Crippen LogP contribution < -0.4 is 4.74 Å². The summed E-state index contributed by atoms with van der Waals surface area (Å²) < 4.78 is 21.3. The zero-order chi connectivity index (χ0) is 22.1. The lowest BCUT2D eigenvalue weighted by atomic mass is 9.88. The lowest BCUT2D eigenvalue weighted by Crippen LogP contribution is -2.06. The summed E-state index contributed by atoms with van der Waals surface area (Å²) in [6.45, 7) is 14.7. The number of hydrogen-bond donors (Lipinski definition) is 1. The Labute approximate surface area is 175 Å². The van der Waals surface area contributed by atoms with Crippen molar-refractivity contribution >= 4 is 11.5 Å². The number of carboxylic acid groups (broad SMARTS) is 1. The molecule has 0 unspecified atom stereocenters. The van der Waals surface area contributed by atoms with Crippen molar-refractivity contribution < 1.29 is 19.0 Å². The highest BCUT2D eigenvalue weighted by Gasteiger charge is 2.20. The van der Waals surface area contributed by atoms with Crippen LogP contribution in [0.3, 0.4) is 0 Å². The largest absolute Gasteiger partial charge is 0.493 e. The third kappa shape index (κ3) is 7.19. The van der Waals surface area contributed by atoms with Gasteiger partial charge in [-0.2, -0.15) is 0 Å². The van der Waals surface area contributed by atoms with Crippen LogP contribution in [-0.4, -0.2) is 17.7 Å². The average molecular weight is 403 g/mol. The van der Waals surface area contributed by atoms with Crippen molar-refractivity contribution in [2.75, 3.05) is 6.61 Å². The molecule has 0 aromatic heterocycles. The van der Waals surface area contributed by atoms with E-state index in [-0.39, 0.29) is 11.7 Å². The number of rotatable bonds is 10. The molecule has 0 atom stereocenters. The predicted molar refractivity (Wildman–Crippen MR) is 119 cm³/mol. The quantitative estimate of drug-likeness (QED) is 0.327. The molecule has 0 heterocycles. The van der Waals surface area contributed by atoms with Crippen molar-refractivity contribution in [2.45, 2.75) is 73.1 Å². The van der Waals surface area contributed by atoms with E-state index in [1.165, 1.54) is 12.2 Å². The van der Waals surface area contributed by atoms with Gasteiger partial charge in [0.05, 0.1) is 6.61 Å². The molecule has 160 valence electrons. The SMILES string of the molecule is CCCOc1c(C(CC)=C(F)C=CC(C)=CC(=O)O)cc(C(C)C)cc1C(C)C. The van der Waals surface area contributed by atoms with E-state index in [4.69, 9.17) is 9.84 Å². The second-order valence-corrected chi connectivity index (χ2v) is 7.88. The second kappa shape index (κ2) is 11.6. The van der Waals surface area contributed by atoms with E-state index in [0.717, 1.165) is 34.9 Å². The van der Waals surface area contributed by atoms with Crippen LogP contribution in [0.25, 0.3) is 5.57 Å². The van der Waals surface area contributed by atoms with E-state index >= 15 is 4.39 Å². The molecule has 0 saturated heterocycles. The number of hydrogen-bond acceptors (Lipinski definition) is 2. The Balaban J connectivity index is 3.67. The molecule has 0 aliphatic carbocycles. The minimum Gasteiger partial charge on any atom is -0.493 e. The summed E-state index contributed by atoms with van der Waals surface area (Å²) in [4.78, 5) is 10.8. The van der Waals surface area contributed by atoms with Crippen molar-refractivity contribution in [3.05, 3.63) is 58.5 Å². The highest BCUT2D eigenvalue weighted by atomic mass is 19.1. The van der Waals surface area contributed by atoms with E-state index in [0.29, 0.717) is 30.1 Å². The molecule has 29 heavy (non-hydrogen) atoms. The van der Waals surface area contributed by atoms with Gasteiger partial charge in [0.1, 0.15) is 11.6 Å². The molecule has 1 aromatic carbocycles. The first-order chi connectivity index (χ1) is 13.6. The van der Waals surface area contributed by atoms with Gasteiger partial charge in [-0.1, -0.05) is 53.7 Å². The topological polar surface area (TPSA) is 46.5 Å². The standard InChI is InChI=1S/C25H35FO3/c1-8-12-29-25-21(17(5)6)14-19(16(3)4)15-22(25)20(9-2)23(26)11-10-18(7)13-24(27)28/h10-11,13-17H,8-9,12H2,1-7H3,(H,27,28). The number of carboxylic acids is 1. The first-order valence-corrected chi connectivity index (χ1v) is 10.4. The molecule has 1 aromatic rings. The van der Waals surface area contributed by atoms with Crippen LogP contribution in [0, 0.1) is 0 Å². The van der Waals surface area contributed by atoms with Gasteiger partial charge in [0.25, 0.3) is 0 Å². The highest BCUT2D eigenvalue weighted by Crippen LogP contribution is 2.40. The molecule has 0 spiro atoms. The Bertz CT molecular complexity index is 799. The molecule has 0 aliphatic rings. The fourth-order valence-electron chi connectivity index (χ4n) is 3.06. The Morgan fingerprint density at radius 2 is 1.79 bits per heavy atom. The fraction of sp³-hybridized carbons (Fsp3) is 0.480. The summed E-state index contributed by atoms with van der Waals surface area (Å²) >= 11 is 0. The fourth-order valence-corrected chi connectivity index (χ4v) is 3.06. The van der Waals surface area contributed by atoms with Crippen molar-refractivity contribution in [1.82, 2.24) is 0 Å². The molecule has 0 saturated carbocycles. The van der Waals surface area contributed by atoms with Gasteiger partial charge in [0.15, 0.2) is 0 Å². The van der Waals surface area contributed by atoms with E-state index in [9.17, 15) is 4.79 Å². The maximum absolute atomic E-state index is 15.2. The summed E-state index contributed by atoms with van der Waals surface area (Å²) in [5, 5.41) is 8.83. The lowest BCUT2D eigenvalue weighted by Gasteiger charge is -2.22. The van der Waals surface area contributed by atoms with Crippen LogP contribution in [0.15, 0.2) is 41.8 Å². The van der Waals surface area contributed by atoms with Crippen molar-refractivity contribution in [2.24, 2.45) is 0 Å². The van der Waals surface area contributed by atoms with Crippen LogP contribution in [0.5, 0.6) is 5.75 Å². The maximum Gasteiger partial charge on any atom is 0.328 e. The molecule has 0 fully saturated rings. The van der Waals surface area contributed by atoms with E-state index in [1.54, 1.807) is 6.92 Å². The van der Waals surface area contributed by atoms with Crippen LogP contribution >= 0.6 is 0 Å². The molecular formula is C25H35FO3. The van der Waals surface area contributed by atoms with Crippen LogP contribution in [0.1, 0.15) is 89.8 Å². The molecule has 3 nitrogen and oxygen atoms in total. The Morgan fingerprint density at radius 1 is 1.14 bits per heavy atom. The number of carbonyl (C=O) groups is 1. The van der Waals surface area contributed by atoms with Gasteiger partial charge in [0, 0.05) is 11.6 Å². The monoisotopic (exact) mass is 402 g/mol. The summed E-state index contributed by atoms with van der Waals surface area (Å²) in [7, 11) is 0. The van der Waals surface area contributed by atoms with Gasteiger partial charge in [-0.25, -0.2) is 9.18 Å². The minimum atomic E-state index is -1.05. The predicted octanol–water partition coefficient (Wildman–Crippen LogP) is 7.40. The van der Waals surface area contributed by atoms with Crippen LogP contribution in [0.2, 0.25) is 0 Å². The minimum absolute atomic E-state index is 0.247. The number of halogens is 1. The Morgan fingerprint density at radius 3 is 2.28 bits per heavy atom. The molecule has 0 aliphatic heterocycles. The lowest BCUT2D eigenvalue weighted by molar-refractivity contribution is -0.131. The normalized spacial score (nSPS) is 13.4. The molecule has 1 N–H and O–H groups in total. The number of aliphatic carboxylic acids is 1. The average Bonchev–Trinajstić information content (AvgIpc) is 2.64. The zero-order valence-electron chi connectivity index (χ0n) is 18.8. The number of benzene rings is 1. The first kappa shape index (κ1) is 24.7. The van der Waals surface area contributed by atoms with Crippen LogP contribution in [-0.2, 0) is 4.79 Å². The van der Waals surface area contributed by atoms with Gasteiger partial charge in [-0.15, -0.1) is 0 Å². The third-order valence-electron chi connectivity index (χ3n) is 4.69. The second-order valence-electron chi connectivity index (χ2n) is 7.88. The molecule has 0 bridgehead atoms. The number of ether oxygens (including phenoxy) is 1. The van der Waals surface area contributed by atoms with E-state index in [2.05, 4.69) is 40.7 Å². The molecule has 4 heteroatoms. The summed E-state index contributed by atoms with van der Waals surface area (Å²) in [6, 6.07) is 4.21. The Kier molecular flexibility index (Phi) is 9.87. The van der Waals surface area contributed by atoms with Crippen molar-refractivity contribution in [3.63, 3.8) is 0 Å². The van der Waals surface area contributed by atoms with Gasteiger partial charge in [-0.05, 0) is 66.0 Å². The highest BCUT2D eigenvalue weighted by molar-refractivity contribution is 5.81. The van der Waals surface area contributed by atoms with Crippen molar-refractivity contribution in [1.29, 1.82) is 0 Å². The van der Waals surface area contributed by atoms with Gasteiger partial charge in [-0.3, -0.25) is 0 Å². The van der Waals surface area contributed by atoms with Crippen molar-refractivity contribution in [3.8, 4) is 5.75 Å². The molecule has 1 rings (SSSR count). The Hall–Kier alpha value is -2.36. The van der Waals surface area contributed by atoms with Gasteiger partial charge >= 0.3 is 5.97 Å². The summed E-state index contributed by atoms with van der Waals surface area (Å²) in [5.41, 5.74) is 4.07.